The molecule has 18 heavy (non-hydrogen) atoms. The molecule has 0 fully saturated rings. The predicted molar refractivity (Wildman–Crippen MR) is 76.1 cm³/mol. The molecule has 0 amide bonds. The lowest BCUT2D eigenvalue weighted by Crippen LogP contribution is -2.19. The summed E-state index contributed by atoms with van der Waals surface area (Å²) in [7, 11) is 1.83. The van der Waals surface area contributed by atoms with Crippen molar-refractivity contribution in [3.63, 3.8) is 0 Å². The maximum absolute atomic E-state index is 13.9. The van der Waals surface area contributed by atoms with Crippen LogP contribution in [0.25, 0.3) is 0 Å². The van der Waals surface area contributed by atoms with Crippen molar-refractivity contribution < 1.29 is 4.39 Å². The number of rotatable bonds is 3. The maximum Gasteiger partial charge on any atom is 0.128 e. The standard InChI is InChI=1S/C14H15ClFNS/c1-8-6-11(9(2)18-8)14(17-3)12-7-10(15)4-5-13(12)16/h4-7,14,17H,1-3H3. The number of nitrogens with one attached hydrogen (secondary N) is 1. The Morgan fingerprint density at radius 3 is 2.50 bits per heavy atom. The van der Waals surface area contributed by atoms with Gasteiger partial charge in [0.2, 0.25) is 0 Å². The lowest BCUT2D eigenvalue weighted by molar-refractivity contribution is 0.576. The van der Waals surface area contributed by atoms with Crippen molar-refractivity contribution in [1.29, 1.82) is 0 Å². The fourth-order valence-corrected chi connectivity index (χ4v) is 3.30. The van der Waals surface area contributed by atoms with Gasteiger partial charge in [-0.25, -0.2) is 4.39 Å². The summed E-state index contributed by atoms with van der Waals surface area (Å²) in [6.45, 7) is 4.11. The highest BCUT2D eigenvalue weighted by molar-refractivity contribution is 7.12. The maximum atomic E-state index is 13.9. The predicted octanol–water partition coefficient (Wildman–Crippen LogP) is 4.47. The van der Waals surface area contributed by atoms with Crippen molar-refractivity contribution in [2.75, 3.05) is 7.05 Å². The van der Waals surface area contributed by atoms with E-state index in [1.165, 1.54) is 15.8 Å². The van der Waals surface area contributed by atoms with E-state index in [-0.39, 0.29) is 11.9 Å². The number of hydrogen-bond acceptors (Lipinski definition) is 2. The van der Waals surface area contributed by atoms with Gasteiger partial charge in [-0.3, -0.25) is 0 Å². The zero-order chi connectivity index (χ0) is 13.3. The third kappa shape index (κ3) is 2.58. The molecule has 0 saturated carbocycles. The number of benzene rings is 1. The molecule has 0 radical (unpaired) electrons. The molecule has 0 aliphatic heterocycles. The van der Waals surface area contributed by atoms with Crippen LogP contribution in [-0.4, -0.2) is 7.05 Å². The zero-order valence-corrected chi connectivity index (χ0v) is 12.1. The fourth-order valence-electron chi connectivity index (χ4n) is 2.15. The summed E-state index contributed by atoms with van der Waals surface area (Å²) in [6, 6.07) is 6.61. The van der Waals surface area contributed by atoms with E-state index in [1.54, 1.807) is 23.5 Å². The minimum absolute atomic E-state index is 0.159. The molecule has 1 nitrogen and oxygen atoms in total. The summed E-state index contributed by atoms with van der Waals surface area (Å²) in [5.41, 5.74) is 1.70. The van der Waals surface area contributed by atoms with E-state index in [1.807, 2.05) is 7.05 Å². The van der Waals surface area contributed by atoms with Crippen molar-refractivity contribution in [3.8, 4) is 0 Å². The van der Waals surface area contributed by atoms with Crippen LogP contribution in [0.1, 0.15) is 26.9 Å². The fraction of sp³-hybridized carbons (Fsp3) is 0.286. The molecule has 0 spiro atoms. The Bertz CT molecular complexity index is 565. The van der Waals surface area contributed by atoms with E-state index in [2.05, 4.69) is 25.2 Å². The Morgan fingerprint density at radius 2 is 1.94 bits per heavy atom. The van der Waals surface area contributed by atoms with Crippen LogP contribution in [0.15, 0.2) is 24.3 Å². The van der Waals surface area contributed by atoms with Crippen LogP contribution in [-0.2, 0) is 0 Å². The molecule has 2 rings (SSSR count). The van der Waals surface area contributed by atoms with Crippen LogP contribution < -0.4 is 5.32 Å². The Labute approximate surface area is 116 Å². The first-order valence-corrected chi connectivity index (χ1v) is 6.91. The lowest BCUT2D eigenvalue weighted by Gasteiger charge is -2.18. The molecule has 1 aromatic carbocycles. The van der Waals surface area contributed by atoms with Gasteiger partial charge in [0.25, 0.3) is 0 Å². The Kier molecular flexibility index (Phi) is 4.05. The molecule has 1 N–H and O–H groups in total. The molecule has 2 aromatic rings. The highest BCUT2D eigenvalue weighted by Gasteiger charge is 2.19. The van der Waals surface area contributed by atoms with Gasteiger partial charge < -0.3 is 5.32 Å². The van der Waals surface area contributed by atoms with Gasteiger partial charge in [0.05, 0.1) is 6.04 Å². The number of halogens is 2. The smallest absolute Gasteiger partial charge is 0.128 e. The van der Waals surface area contributed by atoms with Crippen LogP contribution in [0.5, 0.6) is 0 Å². The van der Waals surface area contributed by atoms with Gasteiger partial charge in [0.1, 0.15) is 5.82 Å². The first-order chi connectivity index (χ1) is 8.52. The second-order valence-corrected chi connectivity index (χ2v) is 6.15. The van der Waals surface area contributed by atoms with Gasteiger partial charge in [-0.15, -0.1) is 11.3 Å². The van der Waals surface area contributed by atoms with Crippen molar-refractivity contribution in [2.45, 2.75) is 19.9 Å². The molecule has 4 heteroatoms. The van der Waals surface area contributed by atoms with Crippen LogP contribution in [0.2, 0.25) is 5.02 Å². The number of hydrogen-bond donors (Lipinski definition) is 1. The summed E-state index contributed by atoms with van der Waals surface area (Å²) < 4.78 is 13.9. The molecular formula is C14H15ClFNS. The molecular weight excluding hydrogens is 269 g/mol. The normalized spacial score (nSPS) is 12.7. The highest BCUT2D eigenvalue weighted by Crippen LogP contribution is 2.32. The van der Waals surface area contributed by atoms with Crippen LogP contribution >= 0.6 is 22.9 Å². The Morgan fingerprint density at radius 1 is 1.22 bits per heavy atom. The van der Waals surface area contributed by atoms with Crippen LogP contribution in [0.3, 0.4) is 0 Å². The van der Waals surface area contributed by atoms with Gasteiger partial charge in [0.15, 0.2) is 0 Å². The quantitative estimate of drug-likeness (QED) is 0.876. The van der Waals surface area contributed by atoms with E-state index in [0.29, 0.717) is 10.6 Å². The molecule has 1 aromatic heterocycles. The molecule has 0 saturated heterocycles. The van der Waals surface area contributed by atoms with Crippen LogP contribution in [0, 0.1) is 19.7 Å². The van der Waals surface area contributed by atoms with Crippen LogP contribution in [0.4, 0.5) is 4.39 Å². The summed E-state index contributed by atoms with van der Waals surface area (Å²) in [4.78, 5) is 2.43. The summed E-state index contributed by atoms with van der Waals surface area (Å²) >= 11 is 7.68. The van der Waals surface area contributed by atoms with Crippen molar-refractivity contribution >= 4 is 22.9 Å². The summed E-state index contributed by atoms with van der Waals surface area (Å²) in [5, 5.41) is 3.72. The third-order valence-corrected chi connectivity index (χ3v) is 4.16. The van der Waals surface area contributed by atoms with E-state index < -0.39 is 0 Å². The molecule has 1 atom stereocenters. The largest absolute Gasteiger partial charge is 0.309 e. The summed E-state index contributed by atoms with van der Waals surface area (Å²) in [5.74, 6) is -0.234. The molecule has 96 valence electrons. The molecule has 0 aliphatic carbocycles. The number of aryl methyl sites for hydroxylation is 2. The van der Waals surface area contributed by atoms with E-state index in [4.69, 9.17) is 11.6 Å². The molecule has 0 aliphatic rings. The Hall–Kier alpha value is -0.900. The zero-order valence-electron chi connectivity index (χ0n) is 10.6. The second-order valence-electron chi connectivity index (χ2n) is 4.26. The average Bonchev–Trinajstić information content (AvgIpc) is 2.64. The first-order valence-electron chi connectivity index (χ1n) is 5.72. The third-order valence-electron chi connectivity index (χ3n) is 2.95. The van der Waals surface area contributed by atoms with E-state index in [0.717, 1.165) is 5.56 Å². The minimum atomic E-state index is -0.234. The van der Waals surface area contributed by atoms with E-state index >= 15 is 0 Å². The average molecular weight is 284 g/mol. The second kappa shape index (κ2) is 5.39. The van der Waals surface area contributed by atoms with Gasteiger partial charge in [-0.1, -0.05) is 11.6 Å². The lowest BCUT2D eigenvalue weighted by atomic mass is 9.99. The van der Waals surface area contributed by atoms with Gasteiger partial charge >= 0.3 is 0 Å². The van der Waals surface area contributed by atoms with Crippen molar-refractivity contribution in [3.05, 3.63) is 56.0 Å². The molecule has 0 bridgehead atoms. The monoisotopic (exact) mass is 283 g/mol. The molecule has 1 unspecified atom stereocenters. The summed E-state index contributed by atoms with van der Waals surface area (Å²) in [6.07, 6.45) is 0. The van der Waals surface area contributed by atoms with E-state index in [9.17, 15) is 4.39 Å². The van der Waals surface area contributed by atoms with Crippen molar-refractivity contribution in [2.24, 2.45) is 0 Å². The highest BCUT2D eigenvalue weighted by atomic mass is 35.5. The topological polar surface area (TPSA) is 12.0 Å². The van der Waals surface area contributed by atoms with Crippen molar-refractivity contribution in [1.82, 2.24) is 5.32 Å². The molecule has 1 heterocycles. The Balaban J connectivity index is 2.51. The SMILES string of the molecule is CNC(c1cc(Cl)ccc1F)c1cc(C)sc1C. The first kappa shape index (κ1) is 13.5. The van der Waals surface area contributed by atoms with Gasteiger partial charge in [0, 0.05) is 20.3 Å². The minimum Gasteiger partial charge on any atom is -0.309 e. The van der Waals surface area contributed by atoms with Gasteiger partial charge in [-0.05, 0) is 50.7 Å². The van der Waals surface area contributed by atoms with Gasteiger partial charge in [-0.2, -0.15) is 0 Å². The number of thiophene rings is 1.